The molecule has 5 N–H and O–H groups in total. The van der Waals surface area contributed by atoms with Crippen LogP contribution in [0.5, 0.6) is 0 Å². The van der Waals surface area contributed by atoms with Crippen molar-refractivity contribution in [2.24, 2.45) is 0 Å². The van der Waals surface area contributed by atoms with Gasteiger partial charge in [0.25, 0.3) is 5.56 Å². The Hall–Kier alpha value is -1.33. The summed E-state index contributed by atoms with van der Waals surface area (Å²) >= 11 is 0. The highest BCUT2D eigenvalue weighted by Crippen LogP contribution is 2.38. The second kappa shape index (κ2) is 9.66. The van der Waals surface area contributed by atoms with Crippen LogP contribution in [0.1, 0.15) is 65.2 Å². The molecule has 178 valence electrons. The standard InChI is InChI=1S/C10H15N2O8P.C9H19N/c1-5-3-12(10(15)11-9(5)14)8-2-6(13)7(20-8)4-19-21(16,17)18;1-8(2)6-5-7-9(3,4)10-8/h3,6-8,13H,2,4H2,1H3,(H,11,14,15)(H2,16,17,18);10H,5-7H2,1-4H3/t6-,7+,8+;/m0./s1. The van der Waals surface area contributed by atoms with Crippen molar-refractivity contribution in [1.82, 2.24) is 14.9 Å². The molecular weight excluding hydrogens is 429 g/mol. The van der Waals surface area contributed by atoms with Gasteiger partial charge in [0.1, 0.15) is 12.3 Å². The lowest BCUT2D eigenvalue weighted by Gasteiger charge is -2.42. The van der Waals surface area contributed by atoms with Crippen molar-refractivity contribution < 1.29 is 28.7 Å². The Kier molecular flexibility index (Phi) is 8.08. The van der Waals surface area contributed by atoms with Gasteiger partial charge in [-0.25, -0.2) is 9.36 Å². The summed E-state index contributed by atoms with van der Waals surface area (Å²) in [6.07, 6.45) is 2.43. The summed E-state index contributed by atoms with van der Waals surface area (Å²) in [4.78, 5) is 42.3. The number of ether oxygens (including phenoxy) is 1. The van der Waals surface area contributed by atoms with Crippen LogP contribution in [0.4, 0.5) is 0 Å². The zero-order valence-electron chi connectivity index (χ0n) is 18.6. The highest BCUT2D eigenvalue weighted by atomic mass is 31.2. The number of hydrogen-bond acceptors (Lipinski definition) is 7. The molecule has 2 aliphatic rings. The molecular formula is C19H34N3O8P. The summed E-state index contributed by atoms with van der Waals surface area (Å²) in [6.45, 7) is 10.1. The van der Waals surface area contributed by atoms with E-state index in [9.17, 15) is 19.3 Å². The minimum atomic E-state index is -4.67. The van der Waals surface area contributed by atoms with Crippen LogP contribution in [0.25, 0.3) is 0 Å². The number of phosphoric acid groups is 1. The van der Waals surface area contributed by atoms with E-state index >= 15 is 0 Å². The first-order valence-corrected chi connectivity index (χ1v) is 11.8. The number of piperidine rings is 1. The number of hydrogen-bond donors (Lipinski definition) is 5. The van der Waals surface area contributed by atoms with E-state index in [-0.39, 0.29) is 6.42 Å². The Balaban J connectivity index is 0.000000285. The second-order valence-corrected chi connectivity index (χ2v) is 10.7. The molecule has 3 heterocycles. The number of aliphatic hydroxyl groups excluding tert-OH is 1. The molecule has 2 saturated heterocycles. The third-order valence-corrected chi connectivity index (χ3v) is 5.83. The Labute approximate surface area is 181 Å². The van der Waals surface area contributed by atoms with Gasteiger partial charge in [-0.05, 0) is 53.9 Å². The Morgan fingerprint density at radius 1 is 1.23 bits per heavy atom. The van der Waals surface area contributed by atoms with Gasteiger partial charge >= 0.3 is 13.5 Å². The Morgan fingerprint density at radius 2 is 1.81 bits per heavy atom. The third-order valence-electron chi connectivity index (χ3n) is 5.35. The summed E-state index contributed by atoms with van der Waals surface area (Å²) in [7, 11) is -4.67. The van der Waals surface area contributed by atoms with Gasteiger partial charge in [0.15, 0.2) is 0 Å². The van der Waals surface area contributed by atoms with Crippen LogP contribution in [0.3, 0.4) is 0 Å². The largest absolute Gasteiger partial charge is 0.469 e. The van der Waals surface area contributed by atoms with Gasteiger partial charge in [0.2, 0.25) is 0 Å². The molecule has 0 unspecified atom stereocenters. The number of nitrogens with zero attached hydrogens (tertiary/aromatic N) is 1. The van der Waals surface area contributed by atoms with Crippen molar-refractivity contribution in [3.8, 4) is 0 Å². The topological polar surface area (TPSA) is 163 Å². The number of phosphoric ester groups is 1. The van der Waals surface area contributed by atoms with E-state index in [2.05, 4.69) is 42.5 Å². The van der Waals surface area contributed by atoms with Gasteiger partial charge in [-0.1, -0.05) is 0 Å². The molecule has 0 spiro atoms. The minimum absolute atomic E-state index is 0.0283. The normalized spacial score (nSPS) is 27.4. The second-order valence-electron chi connectivity index (χ2n) is 9.44. The molecule has 3 rings (SSSR count). The van der Waals surface area contributed by atoms with Crippen LogP contribution >= 0.6 is 7.82 Å². The SMILES string of the molecule is CC1(C)CCCC(C)(C)N1.Cc1cn([C@H]2C[C@H](O)[C@@H](COP(=O)(O)O)O2)c(=O)[nH]c1=O. The molecule has 0 radical (unpaired) electrons. The molecule has 0 amide bonds. The van der Waals surface area contributed by atoms with Gasteiger partial charge in [0, 0.05) is 29.3 Å². The van der Waals surface area contributed by atoms with Gasteiger partial charge < -0.3 is 24.9 Å². The quantitative estimate of drug-likeness (QED) is 0.409. The van der Waals surface area contributed by atoms with Crippen LogP contribution in [-0.2, 0) is 13.8 Å². The molecule has 31 heavy (non-hydrogen) atoms. The lowest BCUT2D eigenvalue weighted by atomic mass is 9.83. The fourth-order valence-corrected chi connectivity index (χ4v) is 4.36. The molecule has 2 aliphatic heterocycles. The summed E-state index contributed by atoms with van der Waals surface area (Å²) < 4.78 is 21.4. The molecule has 12 heteroatoms. The van der Waals surface area contributed by atoms with Crippen molar-refractivity contribution in [3.63, 3.8) is 0 Å². The van der Waals surface area contributed by atoms with Crippen LogP contribution in [0.2, 0.25) is 0 Å². The van der Waals surface area contributed by atoms with E-state index in [0.29, 0.717) is 16.6 Å². The number of H-pyrrole nitrogens is 1. The van der Waals surface area contributed by atoms with Crippen LogP contribution < -0.4 is 16.6 Å². The molecule has 0 bridgehead atoms. The lowest BCUT2D eigenvalue weighted by molar-refractivity contribution is -0.0451. The predicted octanol–water partition coefficient (Wildman–Crippen LogP) is 0.920. The summed E-state index contributed by atoms with van der Waals surface area (Å²) in [5.41, 5.74) is -0.193. The first-order chi connectivity index (χ1) is 14.1. The fourth-order valence-electron chi connectivity index (χ4n) is 4.02. The highest BCUT2D eigenvalue weighted by Gasteiger charge is 2.37. The van der Waals surface area contributed by atoms with E-state index in [1.807, 2.05) is 0 Å². The number of aryl methyl sites for hydroxylation is 1. The Bertz CT molecular complexity index is 905. The summed E-state index contributed by atoms with van der Waals surface area (Å²) in [6, 6.07) is 0. The zero-order chi connectivity index (χ0) is 23.6. The molecule has 0 aromatic carbocycles. The van der Waals surface area contributed by atoms with Gasteiger partial charge in [0.05, 0.1) is 12.7 Å². The first-order valence-electron chi connectivity index (χ1n) is 10.2. The van der Waals surface area contributed by atoms with E-state index in [4.69, 9.17) is 14.5 Å². The van der Waals surface area contributed by atoms with Crippen molar-refractivity contribution in [2.75, 3.05) is 6.61 Å². The maximum atomic E-state index is 11.7. The smallest absolute Gasteiger partial charge is 0.390 e. The van der Waals surface area contributed by atoms with Gasteiger partial charge in [-0.3, -0.25) is 18.9 Å². The van der Waals surface area contributed by atoms with Crippen molar-refractivity contribution >= 4 is 7.82 Å². The van der Waals surface area contributed by atoms with Crippen LogP contribution in [-0.4, -0.2) is 54.3 Å². The van der Waals surface area contributed by atoms with Crippen molar-refractivity contribution in [1.29, 1.82) is 0 Å². The molecule has 1 aromatic rings. The monoisotopic (exact) mass is 463 g/mol. The number of aromatic nitrogens is 2. The molecule has 0 aliphatic carbocycles. The van der Waals surface area contributed by atoms with Crippen molar-refractivity contribution in [3.05, 3.63) is 32.6 Å². The van der Waals surface area contributed by atoms with Gasteiger partial charge in [-0.15, -0.1) is 0 Å². The number of nitrogens with one attached hydrogen (secondary N) is 2. The maximum absolute atomic E-state index is 11.7. The van der Waals surface area contributed by atoms with Crippen LogP contribution in [0, 0.1) is 6.92 Å². The van der Waals surface area contributed by atoms with Crippen molar-refractivity contribution in [2.45, 2.75) is 89.8 Å². The average Bonchev–Trinajstić information content (AvgIpc) is 2.95. The molecule has 3 atom stereocenters. The Morgan fingerprint density at radius 3 is 2.29 bits per heavy atom. The highest BCUT2D eigenvalue weighted by molar-refractivity contribution is 7.46. The maximum Gasteiger partial charge on any atom is 0.469 e. The number of aliphatic hydroxyl groups is 1. The predicted molar refractivity (Wildman–Crippen MR) is 114 cm³/mol. The van der Waals surface area contributed by atoms with E-state index < -0.39 is 44.1 Å². The first kappa shape index (κ1) is 25.9. The van der Waals surface area contributed by atoms with E-state index in [1.54, 1.807) is 0 Å². The minimum Gasteiger partial charge on any atom is -0.390 e. The summed E-state index contributed by atoms with van der Waals surface area (Å²) in [5.74, 6) is 0. The van der Waals surface area contributed by atoms with Crippen LogP contribution in [0.15, 0.2) is 15.8 Å². The average molecular weight is 463 g/mol. The fraction of sp³-hybridized carbons (Fsp3) is 0.789. The zero-order valence-corrected chi connectivity index (χ0v) is 19.5. The van der Waals surface area contributed by atoms with E-state index in [0.717, 1.165) is 4.57 Å². The van der Waals surface area contributed by atoms with E-state index in [1.165, 1.54) is 32.4 Å². The molecule has 2 fully saturated rings. The summed E-state index contributed by atoms with van der Waals surface area (Å²) in [5, 5.41) is 13.4. The molecule has 11 nitrogen and oxygen atoms in total. The van der Waals surface area contributed by atoms with Gasteiger partial charge in [-0.2, -0.15) is 0 Å². The number of aromatic amines is 1. The molecule has 1 aromatic heterocycles. The number of rotatable bonds is 4. The molecule has 0 saturated carbocycles. The lowest BCUT2D eigenvalue weighted by Crippen LogP contribution is -2.55. The third kappa shape index (κ3) is 7.94.